The van der Waals surface area contributed by atoms with Gasteiger partial charge in [-0.1, -0.05) is 24.1 Å². The summed E-state index contributed by atoms with van der Waals surface area (Å²) >= 11 is 0. The van der Waals surface area contributed by atoms with Crippen LogP contribution in [0.5, 0.6) is 0 Å². The molecule has 0 saturated carbocycles. The Hall–Kier alpha value is -1.84. The Bertz CT molecular complexity index is 471. The molecule has 1 saturated heterocycles. The average molecular weight is 260 g/mol. The minimum atomic E-state index is -0.0813. The third-order valence-electron chi connectivity index (χ3n) is 3.36. The molecule has 4 heteroatoms. The summed E-state index contributed by atoms with van der Waals surface area (Å²) in [5.74, 6) is 0.00880. The summed E-state index contributed by atoms with van der Waals surface area (Å²) in [6.45, 7) is 2.46. The summed E-state index contributed by atoms with van der Waals surface area (Å²) in [6, 6.07) is 7.55. The molecule has 1 atom stereocenters. The van der Waals surface area contributed by atoms with E-state index in [4.69, 9.17) is 0 Å². The number of rotatable bonds is 3. The van der Waals surface area contributed by atoms with Gasteiger partial charge in [0, 0.05) is 24.6 Å². The molecule has 0 bridgehead atoms. The van der Waals surface area contributed by atoms with Crippen LogP contribution in [0.3, 0.4) is 0 Å². The summed E-state index contributed by atoms with van der Waals surface area (Å²) in [5, 5.41) is 5.83. The highest BCUT2D eigenvalue weighted by Gasteiger charge is 2.17. The molecule has 102 valence electrons. The monoisotopic (exact) mass is 260 g/mol. The van der Waals surface area contributed by atoms with Gasteiger partial charge in [0.1, 0.15) is 0 Å². The maximum absolute atomic E-state index is 12.0. The quantitative estimate of drug-likeness (QED) is 0.870. The number of hydrogen-bond donors (Lipinski definition) is 2. The maximum atomic E-state index is 12.0. The van der Waals surface area contributed by atoms with Crippen molar-refractivity contribution in [1.82, 2.24) is 10.6 Å². The zero-order valence-corrected chi connectivity index (χ0v) is 11.2. The van der Waals surface area contributed by atoms with Crippen molar-refractivity contribution < 1.29 is 9.59 Å². The van der Waals surface area contributed by atoms with E-state index in [1.165, 1.54) is 0 Å². The second-order valence-corrected chi connectivity index (χ2v) is 5.09. The molecule has 1 aliphatic heterocycles. The molecule has 1 aliphatic rings. The molecule has 1 unspecified atom stereocenters. The SMILES string of the molecule is Cc1cccc(C(=O)NCC2CCCCC(=O)N2)c1. The Balaban J connectivity index is 1.87. The smallest absolute Gasteiger partial charge is 0.251 e. The Labute approximate surface area is 113 Å². The van der Waals surface area contributed by atoms with E-state index in [-0.39, 0.29) is 17.9 Å². The van der Waals surface area contributed by atoms with Gasteiger partial charge in [-0.2, -0.15) is 0 Å². The van der Waals surface area contributed by atoms with Crippen LogP contribution in [0.2, 0.25) is 0 Å². The summed E-state index contributed by atoms with van der Waals surface area (Å²) in [4.78, 5) is 23.4. The van der Waals surface area contributed by atoms with Gasteiger partial charge in [-0.25, -0.2) is 0 Å². The second kappa shape index (κ2) is 6.36. The van der Waals surface area contributed by atoms with Crippen molar-refractivity contribution in [3.05, 3.63) is 35.4 Å². The van der Waals surface area contributed by atoms with Crippen molar-refractivity contribution in [3.8, 4) is 0 Å². The van der Waals surface area contributed by atoms with Gasteiger partial charge >= 0.3 is 0 Å². The van der Waals surface area contributed by atoms with Crippen molar-refractivity contribution in [2.75, 3.05) is 6.54 Å². The van der Waals surface area contributed by atoms with Gasteiger partial charge in [0.15, 0.2) is 0 Å². The van der Waals surface area contributed by atoms with E-state index < -0.39 is 0 Å². The van der Waals surface area contributed by atoms with Gasteiger partial charge < -0.3 is 10.6 Å². The number of carbonyl (C=O) groups excluding carboxylic acids is 2. The number of carbonyl (C=O) groups is 2. The lowest BCUT2D eigenvalue weighted by molar-refractivity contribution is -0.121. The van der Waals surface area contributed by atoms with Gasteiger partial charge in [0.05, 0.1) is 0 Å². The molecule has 0 aromatic heterocycles. The van der Waals surface area contributed by atoms with Crippen LogP contribution in [0.25, 0.3) is 0 Å². The van der Waals surface area contributed by atoms with Crippen LogP contribution >= 0.6 is 0 Å². The highest BCUT2D eigenvalue weighted by atomic mass is 16.2. The third kappa shape index (κ3) is 4.09. The van der Waals surface area contributed by atoms with Crippen LogP contribution in [0.4, 0.5) is 0 Å². The Morgan fingerprint density at radius 3 is 3.05 bits per heavy atom. The zero-order chi connectivity index (χ0) is 13.7. The number of nitrogens with one attached hydrogen (secondary N) is 2. The second-order valence-electron chi connectivity index (χ2n) is 5.09. The molecule has 1 fully saturated rings. The first-order chi connectivity index (χ1) is 9.15. The van der Waals surface area contributed by atoms with E-state index in [0.717, 1.165) is 24.8 Å². The lowest BCUT2D eigenvalue weighted by Crippen LogP contribution is -2.42. The highest BCUT2D eigenvalue weighted by molar-refractivity contribution is 5.94. The van der Waals surface area contributed by atoms with E-state index in [0.29, 0.717) is 18.5 Å². The van der Waals surface area contributed by atoms with E-state index in [2.05, 4.69) is 10.6 Å². The Morgan fingerprint density at radius 1 is 1.42 bits per heavy atom. The van der Waals surface area contributed by atoms with Gasteiger partial charge in [0.25, 0.3) is 5.91 Å². The molecule has 1 aromatic rings. The van der Waals surface area contributed by atoms with Crippen molar-refractivity contribution in [1.29, 1.82) is 0 Å². The summed E-state index contributed by atoms with van der Waals surface area (Å²) in [5.41, 5.74) is 1.73. The molecule has 1 heterocycles. The van der Waals surface area contributed by atoms with E-state index in [1.54, 1.807) is 6.07 Å². The molecule has 0 spiro atoms. The van der Waals surface area contributed by atoms with Gasteiger partial charge in [-0.15, -0.1) is 0 Å². The number of hydrogen-bond acceptors (Lipinski definition) is 2. The molecule has 2 rings (SSSR count). The molecule has 4 nitrogen and oxygen atoms in total. The first-order valence-electron chi connectivity index (χ1n) is 6.79. The first-order valence-corrected chi connectivity index (χ1v) is 6.79. The van der Waals surface area contributed by atoms with Crippen LogP contribution in [0.15, 0.2) is 24.3 Å². The van der Waals surface area contributed by atoms with Gasteiger partial charge in [0.2, 0.25) is 5.91 Å². The largest absolute Gasteiger partial charge is 0.352 e. The van der Waals surface area contributed by atoms with Gasteiger partial charge in [-0.05, 0) is 31.9 Å². The molecular weight excluding hydrogens is 240 g/mol. The minimum Gasteiger partial charge on any atom is -0.352 e. The molecule has 2 amide bonds. The van der Waals surface area contributed by atoms with Crippen LogP contribution < -0.4 is 10.6 Å². The standard InChI is InChI=1S/C15H20N2O2/c1-11-5-4-6-12(9-11)15(19)16-10-13-7-2-3-8-14(18)17-13/h4-6,9,13H,2-3,7-8,10H2,1H3,(H,16,19)(H,17,18). The minimum absolute atomic E-state index is 0.0590. The number of aryl methyl sites for hydroxylation is 1. The number of amides is 2. The zero-order valence-electron chi connectivity index (χ0n) is 11.2. The van der Waals surface area contributed by atoms with Crippen molar-refractivity contribution in [2.45, 2.75) is 38.6 Å². The van der Waals surface area contributed by atoms with E-state index >= 15 is 0 Å². The summed E-state index contributed by atoms with van der Waals surface area (Å²) in [6.07, 6.45) is 3.50. The average Bonchev–Trinajstić information content (AvgIpc) is 2.60. The predicted octanol–water partition coefficient (Wildman–Crippen LogP) is 1.78. The fourth-order valence-corrected chi connectivity index (χ4v) is 2.31. The topological polar surface area (TPSA) is 58.2 Å². The molecular formula is C15H20N2O2. The van der Waals surface area contributed by atoms with Crippen LogP contribution in [-0.2, 0) is 4.79 Å². The predicted molar refractivity (Wildman–Crippen MR) is 73.9 cm³/mol. The number of benzene rings is 1. The lowest BCUT2D eigenvalue weighted by Gasteiger charge is -2.16. The molecule has 2 N–H and O–H groups in total. The Morgan fingerprint density at radius 2 is 2.26 bits per heavy atom. The maximum Gasteiger partial charge on any atom is 0.251 e. The fourth-order valence-electron chi connectivity index (χ4n) is 2.31. The van der Waals surface area contributed by atoms with Crippen molar-refractivity contribution >= 4 is 11.8 Å². The molecule has 0 radical (unpaired) electrons. The van der Waals surface area contributed by atoms with Crippen LogP contribution in [0, 0.1) is 6.92 Å². The lowest BCUT2D eigenvalue weighted by atomic mass is 10.1. The normalized spacial score (nSPS) is 19.4. The van der Waals surface area contributed by atoms with Crippen LogP contribution in [0.1, 0.15) is 41.6 Å². The van der Waals surface area contributed by atoms with Crippen molar-refractivity contribution in [3.63, 3.8) is 0 Å². The highest BCUT2D eigenvalue weighted by Crippen LogP contribution is 2.09. The fraction of sp³-hybridized carbons (Fsp3) is 0.467. The first kappa shape index (κ1) is 13.6. The Kier molecular flexibility index (Phi) is 4.55. The van der Waals surface area contributed by atoms with Gasteiger partial charge in [-0.3, -0.25) is 9.59 Å². The van der Waals surface area contributed by atoms with E-state index in [1.807, 2.05) is 25.1 Å². The summed E-state index contributed by atoms with van der Waals surface area (Å²) in [7, 11) is 0. The van der Waals surface area contributed by atoms with E-state index in [9.17, 15) is 9.59 Å². The summed E-state index contributed by atoms with van der Waals surface area (Å²) < 4.78 is 0. The van der Waals surface area contributed by atoms with Crippen LogP contribution in [-0.4, -0.2) is 24.4 Å². The molecule has 0 aliphatic carbocycles. The molecule has 19 heavy (non-hydrogen) atoms. The van der Waals surface area contributed by atoms with Crippen molar-refractivity contribution in [2.24, 2.45) is 0 Å². The third-order valence-corrected chi connectivity index (χ3v) is 3.36. The molecule has 1 aromatic carbocycles.